The average molecular weight is 380 g/mol. The van der Waals surface area contributed by atoms with Crippen LogP contribution in [0.5, 0.6) is 5.75 Å². The van der Waals surface area contributed by atoms with Gasteiger partial charge >= 0.3 is 12.6 Å². The Morgan fingerprint density at radius 3 is 2.74 bits per heavy atom. The molecule has 0 saturated carbocycles. The van der Waals surface area contributed by atoms with Crippen molar-refractivity contribution in [2.45, 2.75) is 12.7 Å². The lowest BCUT2D eigenvalue weighted by atomic mass is 9.89. The first-order chi connectivity index (χ1) is 13.0. The van der Waals surface area contributed by atoms with E-state index in [1.54, 1.807) is 12.1 Å². The minimum Gasteiger partial charge on any atom is -0.463 e. The third kappa shape index (κ3) is 4.05. The van der Waals surface area contributed by atoms with Crippen molar-refractivity contribution in [3.05, 3.63) is 48.4 Å². The first kappa shape index (κ1) is 18.8. The molecule has 0 spiro atoms. The second kappa shape index (κ2) is 8.12. The fraction of sp³-hybridized carbons (Fsp3) is 0.353. The average Bonchev–Trinajstić information content (AvgIpc) is 3.09. The van der Waals surface area contributed by atoms with Crippen LogP contribution in [0.4, 0.5) is 14.7 Å². The quantitative estimate of drug-likeness (QED) is 0.582. The number of hydrogen-bond donors (Lipinski definition) is 1. The molecule has 1 aliphatic heterocycles. The number of ether oxygens (including phenoxy) is 3. The van der Waals surface area contributed by atoms with Crippen molar-refractivity contribution in [1.82, 2.24) is 14.8 Å². The number of carbonyl (C=O) groups excluding carboxylic acids is 1. The van der Waals surface area contributed by atoms with Crippen molar-refractivity contribution in [1.29, 1.82) is 0 Å². The minimum atomic E-state index is -2.92. The molecule has 1 aliphatic rings. The van der Waals surface area contributed by atoms with Gasteiger partial charge in [0.1, 0.15) is 24.6 Å². The Morgan fingerprint density at radius 2 is 2.07 bits per heavy atom. The fourth-order valence-electron chi connectivity index (χ4n) is 2.86. The van der Waals surface area contributed by atoms with E-state index in [0.29, 0.717) is 17.2 Å². The molecular formula is C17H18F2N4O4. The molecule has 0 unspecified atom stereocenters. The number of esters is 1. The molecule has 0 bridgehead atoms. The molecule has 10 heteroatoms. The summed E-state index contributed by atoms with van der Waals surface area (Å²) < 4.78 is 40.8. The number of halogens is 2. The molecule has 2 heterocycles. The fourth-order valence-corrected chi connectivity index (χ4v) is 2.86. The number of fused-ring (bicyclic) bond motifs is 1. The van der Waals surface area contributed by atoms with Gasteiger partial charge in [0.2, 0.25) is 5.95 Å². The number of rotatable bonds is 7. The maximum absolute atomic E-state index is 12.6. The number of carbonyl (C=O) groups is 1. The molecule has 0 aliphatic carbocycles. The van der Waals surface area contributed by atoms with Crippen molar-refractivity contribution < 1.29 is 27.8 Å². The zero-order valence-electron chi connectivity index (χ0n) is 14.5. The number of nitrogens with zero attached hydrogens (tertiary/aromatic N) is 3. The molecule has 144 valence electrons. The molecule has 3 rings (SSSR count). The van der Waals surface area contributed by atoms with E-state index in [4.69, 9.17) is 9.47 Å². The normalized spacial score (nSPS) is 18.7. The van der Waals surface area contributed by atoms with Crippen LogP contribution in [0, 0.1) is 5.92 Å². The highest BCUT2D eigenvalue weighted by Gasteiger charge is 2.40. The van der Waals surface area contributed by atoms with E-state index in [9.17, 15) is 13.6 Å². The summed E-state index contributed by atoms with van der Waals surface area (Å²) in [4.78, 5) is 16.7. The van der Waals surface area contributed by atoms with Gasteiger partial charge in [0.15, 0.2) is 0 Å². The Bertz CT molecular complexity index is 810. The number of anilines is 1. The van der Waals surface area contributed by atoms with Crippen molar-refractivity contribution in [2.24, 2.45) is 5.92 Å². The molecule has 0 fully saturated rings. The molecule has 0 radical (unpaired) electrons. The summed E-state index contributed by atoms with van der Waals surface area (Å²) in [6.07, 6.45) is 1.34. The summed E-state index contributed by atoms with van der Waals surface area (Å²) in [7, 11) is 1.50. The van der Waals surface area contributed by atoms with Crippen LogP contribution in [-0.4, -0.2) is 47.7 Å². The van der Waals surface area contributed by atoms with Crippen molar-refractivity contribution in [3.8, 4) is 5.75 Å². The summed E-state index contributed by atoms with van der Waals surface area (Å²) in [5.41, 5.74) is 1.04. The largest absolute Gasteiger partial charge is 0.463 e. The predicted octanol–water partition coefficient (Wildman–Crippen LogP) is 2.21. The molecule has 2 aromatic rings. The van der Waals surface area contributed by atoms with Crippen molar-refractivity contribution >= 4 is 11.9 Å². The number of nitrogens with one attached hydrogen (secondary N) is 1. The molecule has 1 N–H and O–H groups in total. The Hall–Kier alpha value is -3.01. The lowest BCUT2D eigenvalue weighted by molar-refractivity contribution is -0.149. The molecular weight excluding hydrogens is 362 g/mol. The Labute approximate surface area is 153 Å². The second-order valence-corrected chi connectivity index (χ2v) is 5.71. The van der Waals surface area contributed by atoms with Crippen LogP contribution in [0.15, 0.2) is 42.9 Å². The van der Waals surface area contributed by atoms with Crippen LogP contribution in [-0.2, 0) is 14.3 Å². The molecule has 2 atom stereocenters. The summed E-state index contributed by atoms with van der Waals surface area (Å²) in [6, 6.07) is 5.36. The zero-order chi connectivity index (χ0) is 19.4. The SMILES string of the molecule is C=C1Nc2ncnn2[C@@H](c2ccc(OC(F)F)cc2)[C@@H]1C(=O)OCCOC. The first-order valence-corrected chi connectivity index (χ1v) is 8.07. The summed E-state index contributed by atoms with van der Waals surface area (Å²) in [5.74, 6) is -0.875. The van der Waals surface area contributed by atoms with Crippen LogP contribution >= 0.6 is 0 Å². The highest BCUT2D eigenvalue weighted by Crippen LogP contribution is 2.38. The maximum atomic E-state index is 12.6. The highest BCUT2D eigenvalue weighted by molar-refractivity contribution is 5.79. The van der Waals surface area contributed by atoms with E-state index in [-0.39, 0.29) is 19.0 Å². The smallest absolute Gasteiger partial charge is 0.387 e. The van der Waals surface area contributed by atoms with Crippen LogP contribution in [0.2, 0.25) is 0 Å². The van der Waals surface area contributed by atoms with Gasteiger partial charge in [-0.15, -0.1) is 0 Å². The Morgan fingerprint density at radius 1 is 1.33 bits per heavy atom. The Kier molecular flexibility index (Phi) is 5.65. The molecule has 0 saturated heterocycles. The van der Waals surface area contributed by atoms with Gasteiger partial charge in [-0.25, -0.2) is 4.68 Å². The minimum absolute atomic E-state index is 0.0135. The lowest BCUT2D eigenvalue weighted by Gasteiger charge is -2.33. The third-order valence-corrected chi connectivity index (χ3v) is 4.03. The monoisotopic (exact) mass is 380 g/mol. The van der Waals surface area contributed by atoms with E-state index in [1.165, 1.54) is 30.3 Å². The summed E-state index contributed by atoms with van der Waals surface area (Å²) in [6.45, 7) is 1.35. The van der Waals surface area contributed by atoms with E-state index in [0.717, 1.165) is 0 Å². The Balaban J connectivity index is 1.92. The number of aromatic nitrogens is 3. The topological polar surface area (TPSA) is 87.5 Å². The maximum Gasteiger partial charge on any atom is 0.387 e. The summed E-state index contributed by atoms with van der Waals surface area (Å²) >= 11 is 0. The standard InChI is InChI=1S/C17H18F2N4O4/c1-10-13(15(24)26-8-7-25-2)14(23-17(22-10)20-9-21-23)11-3-5-12(6-4-11)27-16(18)19/h3-6,9,13-14,16H,1,7-8H2,2H3,(H,20,21,22)/t13-,14+/m1/s1. The predicted molar refractivity (Wildman–Crippen MR) is 90.3 cm³/mol. The van der Waals surface area contributed by atoms with Crippen LogP contribution in [0.3, 0.4) is 0 Å². The van der Waals surface area contributed by atoms with Gasteiger partial charge in [0, 0.05) is 12.8 Å². The molecule has 1 aromatic heterocycles. The highest BCUT2D eigenvalue weighted by atomic mass is 19.3. The van der Waals surface area contributed by atoms with Gasteiger partial charge in [0.05, 0.1) is 12.6 Å². The number of methoxy groups -OCH3 is 1. The second-order valence-electron chi connectivity index (χ2n) is 5.71. The van der Waals surface area contributed by atoms with Gasteiger partial charge in [-0.05, 0) is 17.7 Å². The van der Waals surface area contributed by atoms with Gasteiger partial charge in [-0.1, -0.05) is 18.7 Å². The molecule has 8 nitrogen and oxygen atoms in total. The molecule has 27 heavy (non-hydrogen) atoms. The lowest BCUT2D eigenvalue weighted by Crippen LogP contribution is -2.38. The molecule has 0 amide bonds. The van der Waals surface area contributed by atoms with Gasteiger partial charge in [0.25, 0.3) is 0 Å². The zero-order valence-corrected chi connectivity index (χ0v) is 14.5. The van der Waals surface area contributed by atoms with Crippen LogP contribution in [0.25, 0.3) is 0 Å². The number of hydrogen-bond acceptors (Lipinski definition) is 7. The van der Waals surface area contributed by atoms with E-state index in [1.807, 2.05) is 0 Å². The van der Waals surface area contributed by atoms with Crippen LogP contribution in [0.1, 0.15) is 11.6 Å². The van der Waals surface area contributed by atoms with Gasteiger partial charge in [-0.3, -0.25) is 4.79 Å². The number of alkyl halides is 2. The van der Waals surface area contributed by atoms with Crippen LogP contribution < -0.4 is 10.1 Å². The first-order valence-electron chi connectivity index (χ1n) is 8.07. The van der Waals surface area contributed by atoms with Crippen molar-refractivity contribution in [2.75, 3.05) is 25.6 Å². The number of benzene rings is 1. The van der Waals surface area contributed by atoms with Crippen molar-refractivity contribution in [3.63, 3.8) is 0 Å². The van der Waals surface area contributed by atoms with Gasteiger partial charge < -0.3 is 19.5 Å². The van der Waals surface area contributed by atoms with E-state index < -0.39 is 24.5 Å². The molecule has 1 aromatic carbocycles. The van der Waals surface area contributed by atoms with Gasteiger partial charge in [-0.2, -0.15) is 18.9 Å². The summed E-state index contributed by atoms with van der Waals surface area (Å²) in [5, 5.41) is 7.10. The van der Waals surface area contributed by atoms with E-state index >= 15 is 0 Å². The third-order valence-electron chi connectivity index (χ3n) is 4.03. The van der Waals surface area contributed by atoms with E-state index in [2.05, 4.69) is 26.7 Å².